The molecule has 1 saturated carbocycles. The fourth-order valence-corrected chi connectivity index (χ4v) is 3.69. The third-order valence-electron chi connectivity index (χ3n) is 5.11. The molecule has 5 heteroatoms. The molecule has 2 aliphatic rings. The van der Waals surface area contributed by atoms with Crippen molar-refractivity contribution in [3.05, 3.63) is 11.3 Å². The number of hydrogen-bond donors (Lipinski definition) is 1. The van der Waals surface area contributed by atoms with E-state index >= 15 is 0 Å². The molecule has 22 heavy (non-hydrogen) atoms. The average molecular weight is 305 g/mol. The quantitative estimate of drug-likeness (QED) is 0.869. The molecule has 0 amide bonds. The van der Waals surface area contributed by atoms with Crippen molar-refractivity contribution >= 4 is 5.82 Å². The van der Waals surface area contributed by atoms with Gasteiger partial charge in [0.1, 0.15) is 5.82 Å². The monoisotopic (exact) mass is 305 g/mol. The van der Waals surface area contributed by atoms with E-state index in [1.165, 1.54) is 56.7 Å². The first kappa shape index (κ1) is 15.8. The van der Waals surface area contributed by atoms with Crippen molar-refractivity contribution in [3.8, 4) is 0 Å². The molecule has 0 unspecified atom stereocenters. The minimum absolute atomic E-state index is 0.657. The molecule has 0 spiro atoms. The van der Waals surface area contributed by atoms with E-state index in [2.05, 4.69) is 41.2 Å². The van der Waals surface area contributed by atoms with Gasteiger partial charge in [0.05, 0.1) is 5.69 Å². The molecule has 1 aromatic heterocycles. The molecule has 5 nitrogen and oxygen atoms in total. The summed E-state index contributed by atoms with van der Waals surface area (Å²) in [7, 11) is 6.22. The fraction of sp³-hybridized carbons (Fsp3) is 0.824. The van der Waals surface area contributed by atoms with Crippen LogP contribution in [0.4, 0.5) is 5.82 Å². The summed E-state index contributed by atoms with van der Waals surface area (Å²) < 4.78 is 1.99. The summed E-state index contributed by atoms with van der Waals surface area (Å²) in [4.78, 5) is 4.83. The molecular weight excluding hydrogens is 274 g/mol. The Balaban J connectivity index is 1.50. The Hall–Kier alpha value is -1.07. The van der Waals surface area contributed by atoms with Gasteiger partial charge >= 0.3 is 0 Å². The van der Waals surface area contributed by atoms with Crippen LogP contribution >= 0.6 is 0 Å². The van der Waals surface area contributed by atoms with E-state index in [0.717, 1.165) is 18.2 Å². The number of rotatable bonds is 6. The molecule has 1 aromatic rings. The molecule has 0 bridgehead atoms. The molecule has 0 atom stereocenters. The highest BCUT2D eigenvalue weighted by Crippen LogP contribution is 2.30. The number of aromatic nitrogens is 2. The lowest BCUT2D eigenvalue weighted by molar-refractivity contribution is 0.190. The van der Waals surface area contributed by atoms with Crippen LogP contribution in [-0.4, -0.2) is 54.5 Å². The van der Waals surface area contributed by atoms with Gasteiger partial charge in [0.25, 0.3) is 0 Å². The summed E-state index contributed by atoms with van der Waals surface area (Å²) in [5.41, 5.74) is 2.48. The molecule has 0 aromatic carbocycles. The van der Waals surface area contributed by atoms with E-state index in [1.54, 1.807) is 0 Å². The van der Waals surface area contributed by atoms with E-state index < -0.39 is 0 Å². The van der Waals surface area contributed by atoms with Crippen LogP contribution in [0.5, 0.6) is 0 Å². The van der Waals surface area contributed by atoms with Crippen LogP contribution < -0.4 is 10.2 Å². The number of hydrogen-bond acceptors (Lipinski definition) is 4. The normalized spacial score (nSPS) is 20.5. The maximum atomic E-state index is 4.57. The Morgan fingerprint density at radius 3 is 2.45 bits per heavy atom. The third kappa shape index (κ3) is 3.63. The zero-order valence-corrected chi connectivity index (χ0v) is 14.6. The zero-order valence-electron chi connectivity index (χ0n) is 14.6. The van der Waals surface area contributed by atoms with Crippen molar-refractivity contribution in [3.63, 3.8) is 0 Å². The van der Waals surface area contributed by atoms with Crippen LogP contribution in [0.1, 0.15) is 36.9 Å². The van der Waals surface area contributed by atoms with Gasteiger partial charge in [-0.15, -0.1) is 0 Å². The number of anilines is 1. The molecule has 3 rings (SSSR count). The van der Waals surface area contributed by atoms with Crippen LogP contribution in [-0.2, 0) is 13.6 Å². The molecule has 124 valence electrons. The Morgan fingerprint density at radius 1 is 1.18 bits per heavy atom. The van der Waals surface area contributed by atoms with Crippen molar-refractivity contribution in [1.82, 2.24) is 20.0 Å². The first-order valence-electron chi connectivity index (χ1n) is 8.70. The number of aryl methyl sites for hydroxylation is 2. The van der Waals surface area contributed by atoms with Crippen molar-refractivity contribution in [2.75, 3.05) is 38.6 Å². The second-order valence-electron chi connectivity index (χ2n) is 7.30. The highest BCUT2D eigenvalue weighted by Gasteiger charge is 2.27. The van der Waals surface area contributed by atoms with Gasteiger partial charge < -0.3 is 15.1 Å². The maximum Gasteiger partial charge on any atom is 0.130 e. The minimum atomic E-state index is 0.657. The van der Waals surface area contributed by atoms with Crippen molar-refractivity contribution in [2.45, 2.75) is 45.2 Å². The predicted octanol–water partition coefficient (Wildman–Crippen LogP) is 1.76. The standard InChI is InChI=1S/C17H31N5/c1-13-16(17(20(2)3)21(4)19-13)11-18-15-7-9-22(10-8-15)12-14-5-6-14/h14-15,18H,5-12H2,1-4H3. The highest BCUT2D eigenvalue weighted by atomic mass is 15.4. The van der Waals surface area contributed by atoms with Gasteiger partial charge in [0, 0.05) is 45.8 Å². The minimum Gasteiger partial charge on any atom is -0.363 e. The van der Waals surface area contributed by atoms with Gasteiger partial charge in [-0.25, -0.2) is 0 Å². The molecule has 2 fully saturated rings. The van der Waals surface area contributed by atoms with Crippen molar-refractivity contribution in [1.29, 1.82) is 0 Å². The van der Waals surface area contributed by atoms with Crippen LogP contribution in [0, 0.1) is 12.8 Å². The molecule has 1 saturated heterocycles. The maximum absolute atomic E-state index is 4.57. The highest BCUT2D eigenvalue weighted by molar-refractivity contribution is 5.48. The SMILES string of the molecule is Cc1nn(C)c(N(C)C)c1CNC1CCN(CC2CC2)CC1. The lowest BCUT2D eigenvalue weighted by Crippen LogP contribution is -2.43. The molecule has 0 radical (unpaired) electrons. The van der Waals surface area contributed by atoms with Crippen LogP contribution in [0.3, 0.4) is 0 Å². The average Bonchev–Trinajstić information content (AvgIpc) is 3.22. The summed E-state index contributed by atoms with van der Waals surface area (Å²) in [6.07, 6.45) is 5.49. The van der Waals surface area contributed by atoms with Crippen molar-refractivity contribution < 1.29 is 0 Å². The Labute approximate surface area is 134 Å². The van der Waals surface area contributed by atoms with Gasteiger partial charge in [-0.05, 0) is 51.6 Å². The van der Waals surface area contributed by atoms with Gasteiger partial charge in [0.15, 0.2) is 0 Å². The van der Waals surface area contributed by atoms with E-state index in [1.807, 2.05) is 11.7 Å². The molecule has 2 heterocycles. The number of nitrogens with zero attached hydrogens (tertiary/aromatic N) is 4. The molecular formula is C17H31N5. The topological polar surface area (TPSA) is 36.3 Å². The summed E-state index contributed by atoms with van der Waals surface area (Å²) >= 11 is 0. The fourth-order valence-electron chi connectivity index (χ4n) is 3.69. The second-order valence-corrected chi connectivity index (χ2v) is 7.30. The lowest BCUT2D eigenvalue weighted by Gasteiger charge is -2.32. The summed E-state index contributed by atoms with van der Waals surface area (Å²) in [5, 5.41) is 8.34. The predicted molar refractivity (Wildman–Crippen MR) is 91.3 cm³/mol. The number of nitrogens with one attached hydrogen (secondary N) is 1. The summed E-state index contributed by atoms with van der Waals surface area (Å²) in [6.45, 7) is 6.92. The lowest BCUT2D eigenvalue weighted by atomic mass is 10.0. The largest absolute Gasteiger partial charge is 0.363 e. The smallest absolute Gasteiger partial charge is 0.130 e. The Morgan fingerprint density at radius 2 is 1.86 bits per heavy atom. The van der Waals surface area contributed by atoms with Crippen LogP contribution in [0.2, 0.25) is 0 Å². The zero-order chi connectivity index (χ0) is 15.7. The third-order valence-corrected chi connectivity index (χ3v) is 5.11. The van der Waals surface area contributed by atoms with E-state index in [4.69, 9.17) is 0 Å². The van der Waals surface area contributed by atoms with Gasteiger partial charge in [-0.2, -0.15) is 5.10 Å². The first-order valence-corrected chi connectivity index (χ1v) is 8.70. The van der Waals surface area contributed by atoms with E-state index in [9.17, 15) is 0 Å². The second kappa shape index (κ2) is 6.59. The van der Waals surface area contributed by atoms with Crippen LogP contribution in [0.25, 0.3) is 0 Å². The molecule has 1 N–H and O–H groups in total. The summed E-state index contributed by atoms with van der Waals surface area (Å²) in [5.74, 6) is 2.24. The Kier molecular flexibility index (Phi) is 4.73. The van der Waals surface area contributed by atoms with Crippen molar-refractivity contribution in [2.24, 2.45) is 13.0 Å². The number of piperidine rings is 1. The van der Waals surface area contributed by atoms with Gasteiger partial charge in [-0.3, -0.25) is 4.68 Å². The van der Waals surface area contributed by atoms with E-state index in [0.29, 0.717) is 6.04 Å². The van der Waals surface area contributed by atoms with E-state index in [-0.39, 0.29) is 0 Å². The summed E-state index contributed by atoms with van der Waals surface area (Å²) in [6, 6.07) is 0.657. The number of likely N-dealkylation sites (tertiary alicyclic amines) is 1. The van der Waals surface area contributed by atoms with Gasteiger partial charge in [0.2, 0.25) is 0 Å². The molecule has 1 aliphatic carbocycles. The van der Waals surface area contributed by atoms with Gasteiger partial charge in [-0.1, -0.05) is 0 Å². The first-order chi connectivity index (χ1) is 10.5. The molecule has 1 aliphatic heterocycles. The van der Waals surface area contributed by atoms with Crippen LogP contribution in [0.15, 0.2) is 0 Å². The Bertz CT molecular complexity index is 495.